The summed E-state index contributed by atoms with van der Waals surface area (Å²) in [6.07, 6.45) is 2.21. The van der Waals surface area contributed by atoms with Crippen LogP contribution in [0.2, 0.25) is 0 Å². The van der Waals surface area contributed by atoms with Crippen molar-refractivity contribution in [2.24, 2.45) is 0 Å². The van der Waals surface area contributed by atoms with Gasteiger partial charge in [0.05, 0.1) is 29.5 Å². The lowest BCUT2D eigenvalue weighted by Gasteiger charge is -2.30. The lowest BCUT2D eigenvalue weighted by Crippen LogP contribution is -2.31. The molecule has 1 heterocycles. The monoisotopic (exact) mass is 375 g/mol. The molecule has 1 aromatic heterocycles. The Hall–Kier alpha value is -2.75. The van der Waals surface area contributed by atoms with Gasteiger partial charge in [-0.2, -0.15) is 18.4 Å². The van der Waals surface area contributed by atoms with E-state index in [1.807, 2.05) is 13.0 Å². The van der Waals surface area contributed by atoms with Gasteiger partial charge < -0.3 is 10.1 Å². The van der Waals surface area contributed by atoms with Crippen molar-refractivity contribution in [3.63, 3.8) is 0 Å². The zero-order valence-electron chi connectivity index (χ0n) is 14.9. The van der Waals surface area contributed by atoms with Crippen LogP contribution in [0.15, 0.2) is 36.7 Å². The number of aryl methyl sites for hydroxylation is 1. The lowest BCUT2D eigenvalue weighted by molar-refractivity contribution is -0.137. The van der Waals surface area contributed by atoms with Gasteiger partial charge in [0.1, 0.15) is 5.75 Å². The SMILES string of the molecule is Cc1cncc(OC2CCC(Nc3ccc(C#N)c(C(F)(F)F)c3)CC2)c1. The van der Waals surface area contributed by atoms with Crippen LogP contribution < -0.4 is 10.1 Å². The zero-order valence-corrected chi connectivity index (χ0v) is 14.9. The van der Waals surface area contributed by atoms with Gasteiger partial charge in [0.25, 0.3) is 0 Å². The first-order chi connectivity index (χ1) is 12.8. The molecule has 2 aromatic rings. The number of halogens is 3. The van der Waals surface area contributed by atoms with Crippen LogP contribution in [0.5, 0.6) is 5.75 Å². The lowest BCUT2D eigenvalue weighted by atomic mass is 9.92. The highest BCUT2D eigenvalue weighted by Gasteiger charge is 2.34. The Morgan fingerprint density at radius 2 is 1.89 bits per heavy atom. The van der Waals surface area contributed by atoms with Crippen LogP contribution in [0.1, 0.15) is 42.4 Å². The number of pyridine rings is 1. The molecule has 7 heteroatoms. The number of nitrogens with zero attached hydrogens (tertiary/aromatic N) is 2. The number of aromatic nitrogens is 1. The predicted molar refractivity (Wildman–Crippen MR) is 95.4 cm³/mol. The summed E-state index contributed by atoms with van der Waals surface area (Å²) in [5.74, 6) is 0.744. The second kappa shape index (κ2) is 7.87. The molecule has 0 saturated heterocycles. The van der Waals surface area contributed by atoms with Crippen molar-refractivity contribution >= 4 is 5.69 Å². The fourth-order valence-corrected chi connectivity index (χ4v) is 3.31. The third kappa shape index (κ3) is 4.91. The number of hydrogen-bond donors (Lipinski definition) is 1. The van der Waals surface area contributed by atoms with Crippen LogP contribution in [0.25, 0.3) is 0 Å². The Labute approximate surface area is 156 Å². The summed E-state index contributed by atoms with van der Waals surface area (Å²) in [6.45, 7) is 1.95. The van der Waals surface area contributed by atoms with E-state index in [2.05, 4.69) is 10.3 Å². The maximum absolute atomic E-state index is 13.1. The van der Waals surface area contributed by atoms with E-state index in [1.54, 1.807) is 18.5 Å². The summed E-state index contributed by atoms with van der Waals surface area (Å²) in [4.78, 5) is 4.11. The molecule has 0 atom stereocenters. The Kier molecular flexibility index (Phi) is 5.54. The molecule has 0 radical (unpaired) electrons. The van der Waals surface area contributed by atoms with Crippen LogP contribution >= 0.6 is 0 Å². The highest BCUT2D eigenvalue weighted by atomic mass is 19.4. The third-order valence-electron chi connectivity index (χ3n) is 4.64. The van der Waals surface area contributed by atoms with Gasteiger partial charge in [0.2, 0.25) is 0 Å². The largest absolute Gasteiger partial charge is 0.489 e. The van der Waals surface area contributed by atoms with Crippen molar-refractivity contribution in [1.29, 1.82) is 5.26 Å². The molecule has 3 rings (SSSR count). The zero-order chi connectivity index (χ0) is 19.4. The molecular formula is C20H20F3N3O. The van der Waals surface area contributed by atoms with Crippen LogP contribution in [-0.2, 0) is 6.18 Å². The van der Waals surface area contributed by atoms with Gasteiger partial charge >= 0.3 is 6.18 Å². The maximum Gasteiger partial charge on any atom is 0.417 e. The van der Waals surface area contributed by atoms with E-state index in [-0.39, 0.29) is 17.7 Å². The van der Waals surface area contributed by atoms with E-state index >= 15 is 0 Å². The van der Waals surface area contributed by atoms with Gasteiger partial charge in [-0.05, 0) is 62.4 Å². The first kappa shape index (κ1) is 19.0. The minimum Gasteiger partial charge on any atom is -0.489 e. The predicted octanol–water partition coefficient (Wildman–Crippen LogP) is 5.08. The minimum atomic E-state index is -4.55. The molecule has 0 spiro atoms. The van der Waals surface area contributed by atoms with Gasteiger partial charge in [-0.1, -0.05) is 0 Å². The molecule has 142 valence electrons. The number of benzene rings is 1. The summed E-state index contributed by atoms with van der Waals surface area (Å²) >= 11 is 0. The quantitative estimate of drug-likeness (QED) is 0.809. The second-order valence-electron chi connectivity index (χ2n) is 6.80. The molecule has 0 amide bonds. The number of anilines is 1. The molecule has 0 unspecified atom stereocenters. The number of nitriles is 1. The molecule has 1 aliphatic carbocycles. The highest BCUT2D eigenvalue weighted by molar-refractivity contribution is 5.53. The molecule has 1 aliphatic rings. The number of alkyl halides is 3. The Morgan fingerprint density at radius 1 is 1.15 bits per heavy atom. The van der Waals surface area contributed by atoms with Crippen molar-refractivity contribution in [3.8, 4) is 11.8 Å². The van der Waals surface area contributed by atoms with E-state index < -0.39 is 11.7 Å². The molecule has 1 aromatic carbocycles. The van der Waals surface area contributed by atoms with Crippen LogP contribution in [0.4, 0.5) is 18.9 Å². The molecule has 1 N–H and O–H groups in total. The first-order valence-electron chi connectivity index (χ1n) is 8.81. The Balaban J connectivity index is 1.59. The summed E-state index contributed by atoms with van der Waals surface area (Å²) in [5, 5.41) is 12.0. The molecule has 4 nitrogen and oxygen atoms in total. The van der Waals surface area contributed by atoms with Crippen LogP contribution in [0, 0.1) is 18.3 Å². The molecule has 0 aliphatic heterocycles. The third-order valence-corrected chi connectivity index (χ3v) is 4.64. The maximum atomic E-state index is 13.1. The summed E-state index contributed by atoms with van der Waals surface area (Å²) in [5.41, 5.74) is 0.147. The standard InChI is InChI=1S/C20H20F3N3O/c1-13-8-18(12-25-11-13)27-17-6-4-15(5-7-17)26-16-3-2-14(10-24)19(9-16)20(21,22)23/h2-3,8-9,11-12,15,17,26H,4-7H2,1H3. The Bertz CT molecular complexity index is 837. The van der Waals surface area contributed by atoms with Gasteiger partial charge in [-0.25, -0.2) is 0 Å². The molecule has 1 fully saturated rings. The summed E-state index contributed by atoms with van der Waals surface area (Å²) < 4.78 is 45.2. The van der Waals surface area contributed by atoms with Crippen LogP contribution in [-0.4, -0.2) is 17.1 Å². The molecular weight excluding hydrogens is 355 g/mol. The van der Waals surface area contributed by atoms with Crippen molar-refractivity contribution in [2.45, 2.75) is 50.9 Å². The van der Waals surface area contributed by atoms with Gasteiger partial charge in [-0.3, -0.25) is 4.98 Å². The highest BCUT2D eigenvalue weighted by Crippen LogP contribution is 2.34. The van der Waals surface area contributed by atoms with E-state index in [9.17, 15) is 13.2 Å². The van der Waals surface area contributed by atoms with Crippen molar-refractivity contribution in [2.75, 3.05) is 5.32 Å². The average Bonchev–Trinajstić information content (AvgIpc) is 2.63. The summed E-state index contributed by atoms with van der Waals surface area (Å²) in [6, 6.07) is 7.36. The van der Waals surface area contributed by atoms with Crippen LogP contribution in [0.3, 0.4) is 0 Å². The molecule has 27 heavy (non-hydrogen) atoms. The van der Waals surface area contributed by atoms with Crippen molar-refractivity contribution in [3.05, 3.63) is 53.3 Å². The number of nitrogens with one attached hydrogen (secondary N) is 1. The van der Waals surface area contributed by atoms with Crippen molar-refractivity contribution in [1.82, 2.24) is 4.98 Å². The van der Waals surface area contributed by atoms with Gasteiger partial charge in [0.15, 0.2) is 0 Å². The van der Waals surface area contributed by atoms with E-state index in [1.165, 1.54) is 12.1 Å². The van der Waals surface area contributed by atoms with E-state index in [0.717, 1.165) is 43.1 Å². The van der Waals surface area contributed by atoms with Gasteiger partial charge in [0, 0.05) is 17.9 Å². The first-order valence-corrected chi connectivity index (χ1v) is 8.81. The second-order valence-corrected chi connectivity index (χ2v) is 6.80. The number of ether oxygens (including phenoxy) is 1. The normalized spacial score (nSPS) is 20.0. The van der Waals surface area contributed by atoms with E-state index in [4.69, 9.17) is 10.00 Å². The van der Waals surface area contributed by atoms with Crippen molar-refractivity contribution < 1.29 is 17.9 Å². The topological polar surface area (TPSA) is 57.9 Å². The Morgan fingerprint density at radius 3 is 2.52 bits per heavy atom. The molecule has 0 bridgehead atoms. The average molecular weight is 375 g/mol. The summed E-state index contributed by atoms with van der Waals surface area (Å²) in [7, 11) is 0. The van der Waals surface area contributed by atoms with Gasteiger partial charge in [-0.15, -0.1) is 0 Å². The smallest absolute Gasteiger partial charge is 0.417 e. The molecule has 1 saturated carbocycles. The fourth-order valence-electron chi connectivity index (χ4n) is 3.31. The number of rotatable bonds is 4. The van der Waals surface area contributed by atoms with E-state index in [0.29, 0.717) is 5.69 Å². The number of hydrogen-bond acceptors (Lipinski definition) is 4. The fraction of sp³-hybridized carbons (Fsp3) is 0.400. The minimum absolute atomic E-state index is 0.0782.